The number of carbonyl (C=O) groups is 1. The minimum absolute atomic E-state index is 0.121. The Morgan fingerprint density at radius 2 is 1.95 bits per heavy atom. The second kappa shape index (κ2) is 12.9. The molecule has 2 N–H and O–H groups in total. The molecule has 12 heteroatoms. The summed E-state index contributed by atoms with van der Waals surface area (Å²) in [5.74, 6) is -1.62. The van der Waals surface area contributed by atoms with Crippen LogP contribution in [0.5, 0.6) is 0 Å². The maximum atomic E-state index is 15.3. The van der Waals surface area contributed by atoms with Gasteiger partial charge in [0.25, 0.3) is 15.9 Å². The molecular formula is C26H32F2N4O4S2. The van der Waals surface area contributed by atoms with E-state index >= 15 is 4.39 Å². The van der Waals surface area contributed by atoms with Crippen LogP contribution in [0.4, 0.5) is 14.5 Å². The molecule has 0 saturated carbocycles. The second-order valence-electron chi connectivity index (χ2n) is 9.61. The molecule has 0 spiro atoms. The number of rotatable bonds is 11. The zero-order valence-corrected chi connectivity index (χ0v) is 23.2. The van der Waals surface area contributed by atoms with Crippen LogP contribution in [0.15, 0.2) is 46.2 Å². The van der Waals surface area contributed by atoms with Gasteiger partial charge in [0.05, 0.1) is 16.1 Å². The molecule has 1 aliphatic heterocycles. The van der Waals surface area contributed by atoms with Crippen molar-refractivity contribution in [3.05, 3.63) is 53.6 Å². The summed E-state index contributed by atoms with van der Waals surface area (Å²) in [6.07, 6.45) is 2.45. The molecule has 1 heterocycles. The first kappa shape index (κ1) is 29.8. The van der Waals surface area contributed by atoms with Gasteiger partial charge in [0.1, 0.15) is 23.3 Å². The van der Waals surface area contributed by atoms with Crippen molar-refractivity contribution in [2.45, 2.75) is 54.0 Å². The molecule has 0 aromatic heterocycles. The smallest absolute Gasteiger partial charge is 0.265 e. The van der Waals surface area contributed by atoms with Gasteiger partial charge in [0.15, 0.2) is 0 Å². The van der Waals surface area contributed by atoms with Crippen LogP contribution in [-0.2, 0) is 19.6 Å². The highest BCUT2D eigenvalue weighted by molar-refractivity contribution is 7.99. The predicted molar refractivity (Wildman–Crippen MR) is 142 cm³/mol. The summed E-state index contributed by atoms with van der Waals surface area (Å²) in [7, 11) is -0.656. The van der Waals surface area contributed by atoms with E-state index in [1.807, 2.05) is 29.8 Å². The topological polar surface area (TPSA) is 112 Å². The van der Waals surface area contributed by atoms with Crippen molar-refractivity contribution in [2.24, 2.45) is 0 Å². The Morgan fingerprint density at radius 1 is 1.24 bits per heavy atom. The molecular weight excluding hydrogens is 534 g/mol. The average molecular weight is 567 g/mol. The maximum Gasteiger partial charge on any atom is 0.265 e. The third kappa shape index (κ3) is 7.89. The number of anilines is 1. The summed E-state index contributed by atoms with van der Waals surface area (Å²) in [5.41, 5.74) is -1.63. The first-order chi connectivity index (χ1) is 17.9. The lowest BCUT2D eigenvalue weighted by atomic mass is 9.95. The van der Waals surface area contributed by atoms with Crippen molar-refractivity contribution < 1.29 is 26.7 Å². The van der Waals surface area contributed by atoms with Gasteiger partial charge in [-0.1, -0.05) is 0 Å². The Bertz CT molecular complexity index is 1280. The monoisotopic (exact) mass is 566 g/mol. The zero-order chi connectivity index (χ0) is 27.9. The van der Waals surface area contributed by atoms with Gasteiger partial charge >= 0.3 is 0 Å². The predicted octanol–water partition coefficient (Wildman–Crippen LogP) is 4.13. The molecule has 1 aliphatic rings. The molecule has 2 aromatic rings. The number of hydrogen-bond acceptors (Lipinski definition) is 8. The highest BCUT2D eigenvalue weighted by atomic mass is 32.2. The Hall–Kier alpha value is -2.72. The number of sulfonamides is 1. The first-order valence-corrected chi connectivity index (χ1v) is 14.6. The molecule has 0 radical (unpaired) electrons. The highest BCUT2D eigenvalue weighted by Crippen LogP contribution is 2.29. The largest absolute Gasteiger partial charge is 0.378 e. The quantitative estimate of drug-likeness (QED) is 0.391. The Balaban J connectivity index is 1.81. The van der Waals surface area contributed by atoms with E-state index in [9.17, 15) is 22.9 Å². The molecule has 38 heavy (non-hydrogen) atoms. The van der Waals surface area contributed by atoms with Crippen LogP contribution in [-0.4, -0.2) is 63.9 Å². The van der Waals surface area contributed by atoms with E-state index in [-0.39, 0.29) is 23.1 Å². The summed E-state index contributed by atoms with van der Waals surface area (Å²) in [5, 5.41) is 12.8. The van der Waals surface area contributed by atoms with Crippen molar-refractivity contribution in [3.8, 4) is 6.07 Å². The third-order valence-corrected chi connectivity index (χ3v) is 8.69. The fourth-order valence-electron chi connectivity index (χ4n) is 3.92. The van der Waals surface area contributed by atoms with Gasteiger partial charge in [-0.15, -0.1) is 11.8 Å². The van der Waals surface area contributed by atoms with E-state index in [0.717, 1.165) is 23.4 Å². The van der Waals surface area contributed by atoms with Crippen LogP contribution < -0.4 is 10.0 Å². The van der Waals surface area contributed by atoms with Gasteiger partial charge in [-0.05, 0) is 89.6 Å². The number of hydrogen-bond donors (Lipinski definition) is 2. The number of benzene rings is 2. The number of amides is 1. The van der Waals surface area contributed by atoms with Crippen molar-refractivity contribution in [1.82, 2.24) is 9.62 Å². The standard InChI is InChI=1S/C26H32F2N4O4S2/c1-26(11-4-5-13-36-26)25(33)31-38(34,35)22-14-18(16-29)24(23(28)15-22)30-20(10-12-32(2)3)17-37-21-8-6-19(27)7-9-21/h6-9,14-15,20,30H,4-5,10-13,17H2,1-3H3,(H,31,33)/t20-,26-/m1/s1. The van der Waals surface area contributed by atoms with Gasteiger partial charge in [-0.25, -0.2) is 21.9 Å². The number of nitriles is 1. The molecule has 2 atom stereocenters. The summed E-state index contributed by atoms with van der Waals surface area (Å²) in [4.78, 5) is 14.9. The molecule has 2 aromatic carbocycles. The molecule has 1 saturated heterocycles. The molecule has 1 fully saturated rings. The number of carbonyl (C=O) groups excluding carboxylic acids is 1. The Labute approximate surface area is 226 Å². The molecule has 0 bridgehead atoms. The van der Waals surface area contributed by atoms with Crippen LogP contribution >= 0.6 is 11.8 Å². The fourth-order valence-corrected chi connectivity index (χ4v) is 6.00. The van der Waals surface area contributed by atoms with Crippen molar-refractivity contribution in [2.75, 3.05) is 38.3 Å². The number of nitrogens with zero attached hydrogens (tertiary/aromatic N) is 2. The Morgan fingerprint density at radius 3 is 2.55 bits per heavy atom. The van der Waals surface area contributed by atoms with E-state index in [1.165, 1.54) is 30.8 Å². The number of nitrogens with one attached hydrogen (secondary N) is 2. The SMILES string of the molecule is CN(C)CC[C@H](CSc1ccc(F)cc1)Nc1c(F)cc(S(=O)(=O)NC(=O)[C@@]2(C)CCCCO2)cc1C#N. The van der Waals surface area contributed by atoms with E-state index in [1.54, 1.807) is 12.1 Å². The van der Waals surface area contributed by atoms with Gasteiger partial charge in [0, 0.05) is 23.3 Å². The van der Waals surface area contributed by atoms with E-state index < -0.39 is 32.2 Å². The third-order valence-electron chi connectivity index (χ3n) is 6.21. The summed E-state index contributed by atoms with van der Waals surface area (Å²) >= 11 is 1.45. The zero-order valence-electron chi connectivity index (χ0n) is 21.6. The van der Waals surface area contributed by atoms with Crippen LogP contribution in [0.1, 0.15) is 38.2 Å². The normalized spacial score (nSPS) is 18.6. The molecule has 8 nitrogen and oxygen atoms in total. The lowest BCUT2D eigenvalue weighted by Crippen LogP contribution is -2.50. The summed E-state index contributed by atoms with van der Waals surface area (Å²) in [6, 6.07) is 9.42. The maximum absolute atomic E-state index is 15.3. The van der Waals surface area contributed by atoms with Gasteiger partial charge < -0.3 is 15.0 Å². The van der Waals surface area contributed by atoms with Crippen LogP contribution in [0.25, 0.3) is 0 Å². The number of ether oxygens (including phenoxy) is 1. The van der Waals surface area contributed by atoms with Crippen molar-refractivity contribution in [1.29, 1.82) is 5.26 Å². The molecule has 0 unspecified atom stereocenters. The van der Waals surface area contributed by atoms with Crippen LogP contribution in [0.2, 0.25) is 0 Å². The van der Waals surface area contributed by atoms with E-state index in [0.29, 0.717) is 38.2 Å². The van der Waals surface area contributed by atoms with Crippen LogP contribution in [0, 0.1) is 23.0 Å². The van der Waals surface area contributed by atoms with Gasteiger partial charge in [-0.2, -0.15) is 5.26 Å². The molecule has 1 amide bonds. The molecule has 3 rings (SSSR count). The highest BCUT2D eigenvalue weighted by Gasteiger charge is 2.38. The molecule has 0 aliphatic carbocycles. The summed E-state index contributed by atoms with van der Waals surface area (Å²) < 4.78 is 61.8. The fraction of sp³-hybridized carbons (Fsp3) is 0.462. The first-order valence-electron chi connectivity index (χ1n) is 12.2. The average Bonchev–Trinajstić information content (AvgIpc) is 2.87. The number of halogens is 2. The van der Waals surface area contributed by atoms with Crippen molar-refractivity contribution in [3.63, 3.8) is 0 Å². The lowest BCUT2D eigenvalue weighted by Gasteiger charge is -2.32. The minimum Gasteiger partial charge on any atom is -0.378 e. The minimum atomic E-state index is -4.46. The van der Waals surface area contributed by atoms with Crippen molar-refractivity contribution >= 4 is 33.4 Å². The summed E-state index contributed by atoms with van der Waals surface area (Å²) in [6.45, 7) is 2.53. The van der Waals surface area contributed by atoms with E-state index in [4.69, 9.17) is 4.74 Å². The molecule has 206 valence electrons. The second-order valence-corrected chi connectivity index (χ2v) is 12.4. The number of thioether (sulfide) groups is 1. The Kier molecular flexibility index (Phi) is 10.1. The lowest BCUT2D eigenvalue weighted by molar-refractivity contribution is -0.148. The van der Waals surface area contributed by atoms with Crippen LogP contribution in [0.3, 0.4) is 0 Å². The van der Waals surface area contributed by atoms with E-state index in [2.05, 4.69) is 5.32 Å². The van der Waals surface area contributed by atoms with Gasteiger partial charge in [-0.3, -0.25) is 4.79 Å². The van der Waals surface area contributed by atoms with Gasteiger partial charge in [0.2, 0.25) is 0 Å².